The average Bonchev–Trinajstić information content (AvgIpc) is 1.78. The molecule has 1 aliphatic rings. The highest BCUT2D eigenvalue weighted by molar-refractivity contribution is 4.90. The van der Waals surface area contributed by atoms with Crippen LogP contribution in [-0.4, -0.2) is 5.54 Å². The van der Waals surface area contributed by atoms with Crippen LogP contribution in [0.25, 0.3) is 0 Å². The summed E-state index contributed by atoms with van der Waals surface area (Å²) in [5.74, 6) is 1.55. The summed E-state index contributed by atoms with van der Waals surface area (Å²) in [6.07, 6.45) is 3.89. The Morgan fingerprint density at radius 3 is 2.30 bits per heavy atom. The molecule has 0 saturated heterocycles. The van der Waals surface area contributed by atoms with Crippen LogP contribution >= 0.6 is 0 Å². The van der Waals surface area contributed by atoms with Crippen molar-refractivity contribution in [1.29, 1.82) is 0 Å². The molecule has 1 rings (SSSR count). The molecule has 0 spiro atoms. The van der Waals surface area contributed by atoms with E-state index in [0.717, 1.165) is 5.92 Å². The molecule has 2 N–H and O–H groups in total. The van der Waals surface area contributed by atoms with Crippen molar-refractivity contribution in [2.45, 2.75) is 45.6 Å². The van der Waals surface area contributed by atoms with E-state index in [1.807, 2.05) is 0 Å². The first-order valence-electron chi connectivity index (χ1n) is 4.31. The standard InChI is InChI=1S/C9H19N/c1-7-4-5-8(2)9(3,10)6-7/h7-8H,4-6,10H2,1-3H3/t7-,8+,9+/m1/s1. The largest absolute Gasteiger partial charge is 0.325 e. The van der Waals surface area contributed by atoms with Gasteiger partial charge in [-0.2, -0.15) is 0 Å². The van der Waals surface area contributed by atoms with E-state index in [9.17, 15) is 0 Å². The lowest BCUT2D eigenvalue weighted by Crippen LogP contribution is -2.47. The maximum atomic E-state index is 6.11. The number of hydrogen-bond acceptors (Lipinski definition) is 1. The molecule has 1 aliphatic carbocycles. The van der Waals surface area contributed by atoms with E-state index < -0.39 is 0 Å². The minimum absolute atomic E-state index is 0.109. The third-order valence-electron chi connectivity index (χ3n) is 3.01. The molecule has 1 heteroatoms. The summed E-state index contributed by atoms with van der Waals surface area (Å²) >= 11 is 0. The molecule has 0 heterocycles. The summed E-state index contributed by atoms with van der Waals surface area (Å²) in [4.78, 5) is 0. The quantitative estimate of drug-likeness (QED) is 0.549. The van der Waals surface area contributed by atoms with Crippen molar-refractivity contribution in [1.82, 2.24) is 0 Å². The third-order valence-corrected chi connectivity index (χ3v) is 3.01. The monoisotopic (exact) mass is 141 g/mol. The van der Waals surface area contributed by atoms with Crippen molar-refractivity contribution in [3.05, 3.63) is 0 Å². The average molecular weight is 141 g/mol. The molecule has 0 aliphatic heterocycles. The van der Waals surface area contributed by atoms with Crippen molar-refractivity contribution >= 4 is 0 Å². The van der Waals surface area contributed by atoms with Crippen LogP contribution in [0.2, 0.25) is 0 Å². The summed E-state index contributed by atoms with van der Waals surface area (Å²) in [5.41, 5.74) is 6.22. The molecule has 60 valence electrons. The lowest BCUT2D eigenvalue weighted by Gasteiger charge is -2.39. The highest BCUT2D eigenvalue weighted by atomic mass is 14.7. The second-order valence-electron chi connectivity index (χ2n) is 4.29. The van der Waals surface area contributed by atoms with E-state index in [1.54, 1.807) is 0 Å². The van der Waals surface area contributed by atoms with Gasteiger partial charge < -0.3 is 5.73 Å². The lowest BCUT2D eigenvalue weighted by molar-refractivity contribution is 0.179. The Bertz CT molecular complexity index is 118. The molecule has 0 aromatic heterocycles. The molecular formula is C9H19N. The molecule has 1 nitrogen and oxygen atoms in total. The van der Waals surface area contributed by atoms with Gasteiger partial charge in [-0.1, -0.05) is 20.3 Å². The summed E-state index contributed by atoms with van der Waals surface area (Å²) < 4.78 is 0. The second kappa shape index (κ2) is 2.54. The fourth-order valence-corrected chi connectivity index (χ4v) is 1.92. The van der Waals surface area contributed by atoms with E-state index in [1.165, 1.54) is 19.3 Å². The van der Waals surface area contributed by atoms with Crippen molar-refractivity contribution in [3.8, 4) is 0 Å². The highest BCUT2D eigenvalue weighted by Gasteiger charge is 2.32. The van der Waals surface area contributed by atoms with E-state index in [4.69, 9.17) is 5.73 Å². The van der Waals surface area contributed by atoms with Crippen LogP contribution in [0.15, 0.2) is 0 Å². The zero-order valence-electron chi connectivity index (χ0n) is 7.35. The fraction of sp³-hybridized carbons (Fsp3) is 1.00. The van der Waals surface area contributed by atoms with E-state index in [2.05, 4.69) is 20.8 Å². The Balaban J connectivity index is 2.55. The van der Waals surface area contributed by atoms with Crippen LogP contribution in [0.3, 0.4) is 0 Å². The maximum Gasteiger partial charge on any atom is 0.0154 e. The minimum Gasteiger partial charge on any atom is -0.325 e. The van der Waals surface area contributed by atoms with Crippen molar-refractivity contribution in [2.75, 3.05) is 0 Å². The molecule has 3 atom stereocenters. The molecule has 0 unspecified atom stereocenters. The van der Waals surface area contributed by atoms with Gasteiger partial charge in [0, 0.05) is 5.54 Å². The fourth-order valence-electron chi connectivity index (χ4n) is 1.92. The summed E-state index contributed by atoms with van der Waals surface area (Å²) in [5, 5.41) is 0. The van der Waals surface area contributed by atoms with E-state index in [0.29, 0.717) is 5.92 Å². The van der Waals surface area contributed by atoms with Gasteiger partial charge in [-0.05, 0) is 31.6 Å². The minimum atomic E-state index is 0.109. The molecular weight excluding hydrogens is 122 g/mol. The predicted octanol–water partition coefficient (Wildman–Crippen LogP) is 2.16. The van der Waals surface area contributed by atoms with Crippen LogP contribution in [0, 0.1) is 11.8 Å². The van der Waals surface area contributed by atoms with Crippen LogP contribution in [-0.2, 0) is 0 Å². The lowest BCUT2D eigenvalue weighted by atomic mass is 9.71. The summed E-state index contributed by atoms with van der Waals surface area (Å²) in [6.45, 7) is 6.76. The van der Waals surface area contributed by atoms with Gasteiger partial charge in [-0.25, -0.2) is 0 Å². The summed E-state index contributed by atoms with van der Waals surface area (Å²) in [7, 11) is 0. The second-order valence-corrected chi connectivity index (χ2v) is 4.29. The molecule has 0 aromatic carbocycles. The first-order chi connectivity index (χ1) is 4.52. The van der Waals surface area contributed by atoms with Gasteiger partial charge in [0.15, 0.2) is 0 Å². The predicted molar refractivity (Wildman–Crippen MR) is 44.8 cm³/mol. The summed E-state index contributed by atoms with van der Waals surface area (Å²) in [6, 6.07) is 0. The Morgan fingerprint density at radius 2 is 1.90 bits per heavy atom. The van der Waals surface area contributed by atoms with Crippen LogP contribution in [0.4, 0.5) is 0 Å². The van der Waals surface area contributed by atoms with E-state index in [-0.39, 0.29) is 5.54 Å². The van der Waals surface area contributed by atoms with Gasteiger partial charge in [0.05, 0.1) is 0 Å². The Morgan fingerprint density at radius 1 is 1.30 bits per heavy atom. The van der Waals surface area contributed by atoms with Gasteiger partial charge in [0.2, 0.25) is 0 Å². The Hall–Kier alpha value is -0.0400. The molecule has 1 fully saturated rings. The Labute approximate surface area is 64.0 Å². The zero-order chi connectivity index (χ0) is 7.78. The first-order valence-corrected chi connectivity index (χ1v) is 4.31. The zero-order valence-corrected chi connectivity index (χ0v) is 7.35. The van der Waals surface area contributed by atoms with Crippen molar-refractivity contribution in [2.24, 2.45) is 17.6 Å². The number of hydrogen-bond donors (Lipinski definition) is 1. The van der Waals surface area contributed by atoms with Gasteiger partial charge in [0.1, 0.15) is 0 Å². The SMILES string of the molecule is C[C@@H]1CC[C@H](C)[C@@](C)(N)C1. The number of rotatable bonds is 0. The molecule has 0 amide bonds. The van der Waals surface area contributed by atoms with Crippen LogP contribution in [0.1, 0.15) is 40.0 Å². The molecule has 0 aromatic rings. The third kappa shape index (κ3) is 1.51. The van der Waals surface area contributed by atoms with Gasteiger partial charge in [-0.3, -0.25) is 0 Å². The van der Waals surface area contributed by atoms with Crippen LogP contribution < -0.4 is 5.73 Å². The molecule has 10 heavy (non-hydrogen) atoms. The number of nitrogens with two attached hydrogens (primary N) is 1. The molecule has 1 saturated carbocycles. The smallest absolute Gasteiger partial charge is 0.0154 e. The molecule has 0 radical (unpaired) electrons. The van der Waals surface area contributed by atoms with Gasteiger partial charge in [0.25, 0.3) is 0 Å². The normalized spacial score (nSPS) is 49.2. The first kappa shape index (κ1) is 8.06. The van der Waals surface area contributed by atoms with Gasteiger partial charge in [-0.15, -0.1) is 0 Å². The van der Waals surface area contributed by atoms with Gasteiger partial charge >= 0.3 is 0 Å². The van der Waals surface area contributed by atoms with Crippen LogP contribution in [0.5, 0.6) is 0 Å². The van der Waals surface area contributed by atoms with E-state index >= 15 is 0 Å². The van der Waals surface area contributed by atoms with Crippen molar-refractivity contribution in [3.63, 3.8) is 0 Å². The van der Waals surface area contributed by atoms with Crippen molar-refractivity contribution < 1.29 is 0 Å². The highest BCUT2D eigenvalue weighted by Crippen LogP contribution is 2.34. The topological polar surface area (TPSA) is 26.0 Å². The maximum absolute atomic E-state index is 6.11. The molecule has 0 bridgehead atoms. The Kier molecular flexibility index (Phi) is 2.04.